The first kappa shape index (κ1) is 24.4. The van der Waals surface area contributed by atoms with E-state index in [0.29, 0.717) is 12.0 Å². The second kappa shape index (κ2) is 12.1. The highest BCUT2D eigenvalue weighted by Crippen LogP contribution is 2.28. The van der Waals surface area contributed by atoms with E-state index >= 15 is 0 Å². The third kappa shape index (κ3) is 6.63. The van der Waals surface area contributed by atoms with Gasteiger partial charge < -0.3 is 20.3 Å². The van der Waals surface area contributed by atoms with Crippen LogP contribution in [-0.2, 0) is 0 Å². The molecular weight excluding hydrogens is 501 g/mol. The van der Waals surface area contributed by atoms with Gasteiger partial charge in [0.05, 0.1) is 7.11 Å². The second-order valence-corrected chi connectivity index (χ2v) is 9.08. The molecular formula is C24H40IN5O. The second-order valence-electron chi connectivity index (χ2n) is 9.08. The number of nitrogens with zero attached hydrogens (tertiary/aromatic N) is 3. The Hall–Kier alpha value is -1.22. The first-order valence-corrected chi connectivity index (χ1v) is 11.9. The van der Waals surface area contributed by atoms with Crippen LogP contribution in [0.3, 0.4) is 0 Å². The molecule has 2 saturated heterocycles. The summed E-state index contributed by atoms with van der Waals surface area (Å²) < 4.78 is 5.38. The number of benzene rings is 1. The number of aliphatic imine (C=N–C) groups is 1. The first-order chi connectivity index (χ1) is 14.7. The third-order valence-electron chi connectivity index (χ3n) is 6.96. The number of anilines is 1. The number of likely N-dealkylation sites (tertiary alicyclic amines) is 1. The van der Waals surface area contributed by atoms with Crippen LogP contribution < -0.4 is 20.3 Å². The van der Waals surface area contributed by atoms with Gasteiger partial charge in [-0.1, -0.05) is 18.9 Å². The van der Waals surface area contributed by atoms with Crippen molar-refractivity contribution in [1.82, 2.24) is 15.5 Å². The van der Waals surface area contributed by atoms with Gasteiger partial charge in [-0.15, -0.1) is 24.0 Å². The molecule has 1 aromatic carbocycles. The average Bonchev–Trinajstić information content (AvgIpc) is 3.54. The van der Waals surface area contributed by atoms with Crippen LogP contribution >= 0.6 is 24.0 Å². The van der Waals surface area contributed by atoms with Crippen LogP contribution in [0.25, 0.3) is 0 Å². The molecule has 2 aliphatic heterocycles. The zero-order valence-electron chi connectivity index (χ0n) is 19.2. The number of nitrogens with one attached hydrogen (secondary N) is 2. The topological polar surface area (TPSA) is 52.1 Å². The molecule has 2 N–H and O–H groups in total. The van der Waals surface area contributed by atoms with Gasteiger partial charge in [-0.05, 0) is 50.7 Å². The lowest BCUT2D eigenvalue weighted by atomic mass is 10.1. The fourth-order valence-corrected chi connectivity index (χ4v) is 5.26. The highest BCUT2D eigenvalue weighted by atomic mass is 127. The molecule has 3 aliphatic rings. The van der Waals surface area contributed by atoms with E-state index in [2.05, 4.69) is 45.6 Å². The van der Waals surface area contributed by atoms with E-state index in [4.69, 9.17) is 9.73 Å². The molecule has 6 nitrogen and oxygen atoms in total. The number of hydrogen-bond donors (Lipinski definition) is 2. The van der Waals surface area contributed by atoms with Crippen LogP contribution in [0.2, 0.25) is 0 Å². The van der Waals surface area contributed by atoms with Crippen LogP contribution in [0, 0.1) is 5.92 Å². The van der Waals surface area contributed by atoms with Crippen molar-refractivity contribution in [3.05, 3.63) is 24.3 Å². The van der Waals surface area contributed by atoms with Crippen LogP contribution in [0.1, 0.15) is 45.4 Å². The summed E-state index contributed by atoms with van der Waals surface area (Å²) >= 11 is 0. The predicted octanol–water partition coefficient (Wildman–Crippen LogP) is 3.71. The van der Waals surface area contributed by atoms with Gasteiger partial charge in [0.1, 0.15) is 5.75 Å². The van der Waals surface area contributed by atoms with Crippen molar-refractivity contribution in [2.75, 3.05) is 51.3 Å². The molecule has 7 heteroatoms. The molecule has 1 aromatic rings. The largest absolute Gasteiger partial charge is 0.497 e. The van der Waals surface area contributed by atoms with Crippen molar-refractivity contribution in [3.8, 4) is 5.75 Å². The molecule has 2 atom stereocenters. The van der Waals surface area contributed by atoms with E-state index in [-0.39, 0.29) is 24.0 Å². The van der Waals surface area contributed by atoms with Crippen molar-refractivity contribution in [2.45, 2.75) is 57.5 Å². The molecule has 174 valence electrons. The Kier molecular flexibility index (Phi) is 9.56. The molecule has 1 aliphatic carbocycles. The summed E-state index contributed by atoms with van der Waals surface area (Å²) in [4.78, 5) is 10.1. The Morgan fingerprint density at radius 2 is 1.97 bits per heavy atom. The van der Waals surface area contributed by atoms with Crippen molar-refractivity contribution >= 4 is 35.6 Å². The molecule has 1 saturated carbocycles. The number of methoxy groups -OCH3 is 1. The van der Waals surface area contributed by atoms with E-state index in [1.54, 1.807) is 7.11 Å². The van der Waals surface area contributed by atoms with Gasteiger partial charge in [-0.2, -0.15) is 0 Å². The maximum Gasteiger partial charge on any atom is 0.191 e. The van der Waals surface area contributed by atoms with Gasteiger partial charge in [0.2, 0.25) is 0 Å². The lowest BCUT2D eigenvalue weighted by Gasteiger charge is -2.24. The Bertz CT molecular complexity index is 709. The third-order valence-corrected chi connectivity index (χ3v) is 6.96. The monoisotopic (exact) mass is 541 g/mol. The molecule has 2 heterocycles. The Balaban J connectivity index is 0.00000272. The van der Waals surface area contributed by atoms with Crippen molar-refractivity contribution in [3.63, 3.8) is 0 Å². The summed E-state index contributed by atoms with van der Waals surface area (Å²) in [6, 6.07) is 9.75. The highest BCUT2D eigenvalue weighted by molar-refractivity contribution is 14.0. The summed E-state index contributed by atoms with van der Waals surface area (Å²) in [5, 5.41) is 7.19. The molecule has 0 radical (unpaired) electrons. The molecule has 4 rings (SSSR count). The maximum atomic E-state index is 5.38. The predicted molar refractivity (Wildman–Crippen MR) is 140 cm³/mol. The van der Waals surface area contributed by atoms with Crippen molar-refractivity contribution < 1.29 is 4.74 Å². The quantitative estimate of drug-likeness (QED) is 0.313. The van der Waals surface area contributed by atoms with Gasteiger partial charge in [0.15, 0.2) is 5.96 Å². The maximum absolute atomic E-state index is 5.38. The zero-order valence-corrected chi connectivity index (χ0v) is 21.5. The van der Waals surface area contributed by atoms with Crippen LogP contribution in [-0.4, -0.2) is 69.3 Å². The molecule has 31 heavy (non-hydrogen) atoms. The lowest BCUT2D eigenvalue weighted by molar-refractivity contribution is 0.242. The van der Waals surface area contributed by atoms with Crippen LogP contribution in [0.15, 0.2) is 29.3 Å². The van der Waals surface area contributed by atoms with Gasteiger partial charge in [-0.3, -0.25) is 9.89 Å². The summed E-state index contributed by atoms with van der Waals surface area (Å²) in [5.74, 6) is 2.52. The molecule has 2 unspecified atom stereocenters. The van der Waals surface area contributed by atoms with E-state index in [9.17, 15) is 0 Å². The first-order valence-electron chi connectivity index (χ1n) is 11.9. The number of hydrogen-bond acceptors (Lipinski definition) is 4. The lowest BCUT2D eigenvalue weighted by Crippen LogP contribution is -2.45. The summed E-state index contributed by atoms with van der Waals surface area (Å²) in [7, 11) is 1.73. The van der Waals surface area contributed by atoms with Crippen LogP contribution in [0.5, 0.6) is 5.75 Å². The van der Waals surface area contributed by atoms with E-state index in [1.165, 1.54) is 57.3 Å². The number of guanidine groups is 1. The van der Waals surface area contributed by atoms with Gasteiger partial charge in [0.25, 0.3) is 0 Å². The molecule has 3 fully saturated rings. The van der Waals surface area contributed by atoms with E-state index < -0.39 is 0 Å². The minimum Gasteiger partial charge on any atom is -0.497 e. The number of halogens is 1. The van der Waals surface area contributed by atoms with E-state index in [0.717, 1.165) is 43.9 Å². The standard InChI is InChI=1S/C24H39N5O.HI/c1-3-25-24(27-20-12-14-29(18-20)21-7-4-5-8-21)26-16-19-11-13-28(17-19)22-9-6-10-23(15-22)30-2;/h6,9-10,15,19-21H,3-5,7-8,11-14,16-18H2,1-2H3,(H2,25,26,27);1H. The van der Waals surface area contributed by atoms with Gasteiger partial charge >= 0.3 is 0 Å². The number of rotatable bonds is 7. The Labute approximate surface area is 205 Å². The van der Waals surface area contributed by atoms with E-state index in [1.807, 2.05) is 6.07 Å². The Morgan fingerprint density at radius 1 is 1.13 bits per heavy atom. The summed E-state index contributed by atoms with van der Waals surface area (Å²) in [5.41, 5.74) is 1.25. The zero-order chi connectivity index (χ0) is 20.8. The average molecular weight is 542 g/mol. The minimum absolute atomic E-state index is 0. The SMILES string of the molecule is CCNC(=NCC1CCN(c2cccc(OC)c2)C1)NC1CCN(C2CCCC2)C1.I. The van der Waals surface area contributed by atoms with Crippen LogP contribution in [0.4, 0.5) is 5.69 Å². The smallest absolute Gasteiger partial charge is 0.191 e. The minimum atomic E-state index is 0. The fourth-order valence-electron chi connectivity index (χ4n) is 5.26. The normalized spacial score (nSPS) is 25.0. The van der Waals surface area contributed by atoms with Gasteiger partial charge in [0, 0.05) is 63.1 Å². The Morgan fingerprint density at radius 3 is 2.74 bits per heavy atom. The fraction of sp³-hybridized carbons (Fsp3) is 0.708. The molecule has 0 aromatic heterocycles. The van der Waals surface area contributed by atoms with Crippen molar-refractivity contribution in [2.24, 2.45) is 10.9 Å². The number of ether oxygens (including phenoxy) is 1. The highest BCUT2D eigenvalue weighted by Gasteiger charge is 2.30. The molecule has 0 bridgehead atoms. The summed E-state index contributed by atoms with van der Waals surface area (Å²) in [6.45, 7) is 8.50. The molecule has 0 spiro atoms. The molecule has 0 amide bonds. The van der Waals surface area contributed by atoms with Gasteiger partial charge in [-0.25, -0.2) is 0 Å². The van der Waals surface area contributed by atoms with Crippen molar-refractivity contribution in [1.29, 1.82) is 0 Å². The summed E-state index contributed by atoms with van der Waals surface area (Å²) in [6.07, 6.45) is 8.04.